The first-order chi connectivity index (χ1) is 11.6. The highest BCUT2D eigenvalue weighted by atomic mass is 16.1. The van der Waals surface area contributed by atoms with Crippen LogP contribution in [0.25, 0.3) is 21.9 Å². The SMILES string of the molecule is CC(C)n1c(=O)[nH]c2cc3c(Nc4ccccc4)ncnc3cc21. The summed E-state index contributed by atoms with van der Waals surface area (Å²) in [6, 6.07) is 13.8. The van der Waals surface area contributed by atoms with E-state index < -0.39 is 0 Å². The lowest BCUT2D eigenvalue weighted by molar-refractivity contribution is 0.598. The number of H-pyrrole nitrogens is 1. The Morgan fingerprint density at radius 3 is 2.67 bits per heavy atom. The predicted octanol–water partition coefficient (Wildman–Crippen LogP) is 3.60. The van der Waals surface area contributed by atoms with Gasteiger partial charge < -0.3 is 10.3 Å². The molecule has 6 heteroatoms. The van der Waals surface area contributed by atoms with Gasteiger partial charge in [0.1, 0.15) is 12.1 Å². The van der Waals surface area contributed by atoms with E-state index >= 15 is 0 Å². The number of nitrogens with one attached hydrogen (secondary N) is 2. The number of aromatic amines is 1. The first-order valence-corrected chi connectivity index (χ1v) is 7.84. The molecule has 0 bridgehead atoms. The zero-order chi connectivity index (χ0) is 16.7. The number of hydrogen-bond acceptors (Lipinski definition) is 4. The average molecular weight is 319 g/mol. The molecule has 4 aromatic rings. The van der Waals surface area contributed by atoms with Crippen molar-refractivity contribution in [1.29, 1.82) is 0 Å². The van der Waals surface area contributed by atoms with Crippen LogP contribution < -0.4 is 11.0 Å². The van der Waals surface area contributed by atoms with Gasteiger partial charge in [-0.05, 0) is 38.1 Å². The third-order valence-corrected chi connectivity index (χ3v) is 4.03. The third-order valence-electron chi connectivity index (χ3n) is 4.03. The van der Waals surface area contributed by atoms with E-state index in [2.05, 4.69) is 20.3 Å². The quantitative estimate of drug-likeness (QED) is 0.605. The van der Waals surface area contributed by atoms with E-state index in [9.17, 15) is 4.79 Å². The smallest absolute Gasteiger partial charge is 0.326 e. The van der Waals surface area contributed by atoms with Crippen molar-refractivity contribution in [2.24, 2.45) is 0 Å². The van der Waals surface area contributed by atoms with Crippen LogP contribution in [0.15, 0.2) is 53.6 Å². The fourth-order valence-electron chi connectivity index (χ4n) is 2.95. The van der Waals surface area contributed by atoms with E-state index in [-0.39, 0.29) is 11.7 Å². The Labute approximate surface area is 138 Å². The van der Waals surface area contributed by atoms with Crippen molar-refractivity contribution < 1.29 is 0 Å². The van der Waals surface area contributed by atoms with Crippen LogP contribution in [0.1, 0.15) is 19.9 Å². The Bertz CT molecular complexity index is 1080. The van der Waals surface area contributed by atoms with Crippen LogP contribution in [0.5, 0.6) is 0 Å². The fourth-order valence-corrected chi connectivity index (χ4v) is 2.95. The average Bonchev–Trinajstić information content (AvgIpc) is 2.89. The number of hydrogen-bond donors (Lipinski definition) is 2. The molecule has 2 aromatic heterocycles. The van der Waals surface area contributed by atoms with E-state index in [1.165, 1.54) is 6.33 Å². The van der Waals surface area contributed by atoms with Gasteiger partial charge in [0.2, 0.25) is 0 Å². The number of para-hydroxylation sites is 1. The molecule has 0 saturated heterocycles. The molecule has 0 unspecified atom stereocenters. The molecule has 0 fully saturated rings. The molecule has 0 atom stereocenters. The molecular weight excluding hydrogens is 302 g/mol. The second-order valence-electron chi connectivity index (χ2n) is 5.99. The minimum absolute atomic E-state index is 0.0763. The van der Waals surface area contributed by atoms with Crippen LogP contribution in [0.4, 0.5) is 11.5 Å². The standard InChI is InChI=1S/C18H17N5O/c1-11(2)23-16-9-14-13(8-15(16)22-18(23)24)17(20-10-19-14)21-12-6-4-3-5-7-12/h3-11H,1-2H3,(H,22,24)(H,19,20,21). The lowest BCUT2D eigenvalue weighted by atomic mass is 10.2. The van der Waals surface area contributed by atoms with Gasteiger partial charge in [0.15, 0.2) is 0 Å². The van der Waals surface area contributed by atoms with Gasteiger partial charge in [-0.25, -0.2) is 14.8 Å². The Balaban J connectivity index is 1.93. The summed E-state index contributed by atoms with van der Waals surface area (Å²) in [6.07, 6.45) is 1.53. The molecule has 2 aromatic carbocycles. The molecule has 0 saturated carbocycles. The first kappa shape index (κ1) is 14.4. The number of fused-ring (bicyclic) bond motifs is 2. The summed E-state index contributed by atoms with van der Waals surface area (Å²) >= 11 is 0. The van der Waals surface area contributed by atoms with Crippen LogP contribution in [0.3, 0.4) is 0 Å². The molecule has 24 heavy (non-hydrogen) atoms. The number of imidazole rings is 1. The molecule has 0 aliphatic heterocycles. The lowest BCUT2D eigenvalue weighted by Crippen LogP contribution is -2.18. The predicted molar refractivity (Wildman–Crippen MR) is 95.8 cm³/mol. The third kappa shape index (κ3) is 2.32. The van der Waals surface area contributed by atoms with Crippen molar-refractivity contribution in [2.75, 3.05) is 5.32 Å². The highest BCUT2D eigenvalue weighted by Crippen LogP contribution is 2.27. The molecular formula is C18H17N5O. The minimum Gasteiger partial charge on any atom is -0.340 e. The van der Waals surface area contributed by atoms with Crippen LogP contribution in [0, 0.1) is 0 Å². The normalized spacial score (nSPS) is 11.5. The largest absolute Gasteiger partial charge is 0.340 e. The molecule has 120 valence electrons. The zero-order valence-corrected chi connectivity index (χ0v) is 13.4. The van der Waals surface area contributed by atoms with Gasteiger partial charge in [-0.1, -0.05) is 18.2 Å². The monoisotopic (exact) mass is 319 g/mol. The number of anilines is 2. The number of aromatic nitrogens is 4. The van der Waals surface area contributed by atoms with Gasteiger partial charge in [-0.15, -0.1) is 0 Å². The number of benzene rings is 2. The Hall–Kier alpha value is -3.15. The van der Waals surface area contributed by atoms with Crippen molar-refractivity contribution in [3.05, 3.63) is 59.3 Å². The summed E-state index contributed by atoms with van der Waals surface area (Å²) in [5, 5.41) is 4.17. The molecule has 2 N–H and O–H groups in total. The first-order valence-electron chi connectivity index (χ1n) is 7.84. The number of rotatable bonds is 3. The van der Waals surface area contributed by atoms with E-state index in [4.69, 9.17) is 0 Å². The molecule has 0 amide bonds. The van der Waals surface area contributed by atoms with Crippen LogP contribution in [0.2, 0.25) is 0 Å². The minimum atomic E-state index is -0.110. The second kappa shape index (κ2) is 5.49. The molecule has 0 spiro atoms. The Kier molecular flexibility index (Phi) is 3.30. The van der Waals surface area contributed by atoms with Gasteiger partial charge in [0, 0.05) is 17.1 Å². The zero-order valence-electron chi connectivity index (χ0n) is 13.4. The van der Waals surface area contributed by atoms with Gasteiger partial charge in [-0.3, -0.25) is 4.57 Å². The maximum Gasteiger partial charge on any atom is 0.326 e. The van der Waals surface area contributed by atoms with Crippen molar-refractivity contribution >= 4 is 33.4 Å². The highest BCUT2D eigenvalue weighted by molar-refractivity contribution is 5.99. The summed E-state index contributed by atoms with van der Waals surface area (Å²) < 4.78 is 1.74. The Morgan fingerprint density at radius 2 is 1.92 bits per heavy atom. The van der Waals surface area contributed by atoms with Crippen molar-refractivity contribution in [3.63, 3.8) is 0 Å². The van der Waals surface area contributed by atoms with Crippen LogP contribution in [-0.2, 0) is 0 Å². The molecule has 4 rings (SSSR count). The van der Waals surface area contributed by atoms with Gasteiger partial charge >= 0.3 is 5.69 Å². The summed E-state index contributed by atoms with van der Waals surface area (Å²) in [7, 11) is 0. The van der Waals surface area contributed by atoms with E-state index in [0.717, 1.165) is 27.6 Å². The van der Waals surface area contributed by atoms with E-state index in [1.54, 1.807) is 4.57 Å². The van der Waals surface area contributed by atoms with Crippen molar-refractivity contribution in [1.82, 2.24) is 19.5 Å². The van der Waals surface area contributed by atoms with Gasteiger partial charge in [-0.2, -0.15) is 0 Å². The summed E-state index contributed by atoms with van der Waals surface area (Å²) in [5.41, 5.74) is 3.27. The topological polar surface area (TPSA) is 75.6 Å². The van der Waals surface area contributed by atoms with Gasteiger partial charge in [0.05, 0.1) is 16.6 Å². The summed E-state index contributed by atoms with van der Waals surface area (Å²) in [4.78, 5) is 23.8. The number of nitrogens with zero attached hydrogens (tertiary/aromatic N) is 3. The van der Waals surface area contributed by atoms with E-state index in [0.29, 0.717) is 5.82 Å². The van der Waals surface area contributed by atoms with Gasteiger partial charge in [0.25, 0.3) is 0 Å². The maximum atomic E-state index is 12.2. The van der Waals surface area contributed by atoms with Crippen molar-refractivity contribution in [2.45, 2.75) is 19.9 Å². The molecule has 0 radical (unpaired) electrons. The summed E-state index contributed by atoms with van der Waals surface area (Å²) in [5.74, 6) is 0.714. The molecule has 2 heterocycles. The fraction of sp³-hybridized carbons (Fsp3) is 0.167. The van der Waals surface area contributed by atoms with E-state index in [1.807, 2.05) is 56.3 Å². The summed E-state index contributed by atoms with van der Waals surface area (Å²) in [6.45, 7) is 3.97. The Morgan fingerprint density at radius 1 is 1.12 bits per heavy atom. The van der Waals surface area contributed by atoms with Crippen molar-refractivity contribution in [3.8, 4) is 0 Å². The highest BCUT2D eigenvalue weighted by Gasteiger charge is 2.13. The molecule has 0 aliphatic carbocycles. The van der Waals surface area contributed by atoms with Crippen LogP contribution in [-0.4, -0.2) is 19.5 Å². The molecule has 0 aliphatic rings. The maximum absolute atomic E-state index is 12.2. The van der Waals surface area contributed by atoms with Crippen LogP contribution >= 0.6 is 0 Å². The second-order valence-corrected chi connectivity index (χ2v) is 5.99. The lowest BCUT2D eigenvalue weighted by Gasteiger charge is -2.10. The molecule has 6 nitrogen and oxygen atoms in total.